The van der Waals surface area contributed by atoms with Gasteiger partial charge in [-0.05, 0) is 32.6 Å². The highest BCUT2D eigenvalue weighted by molar-refractivity contribution is 7.13. The summed E-state index contributed by atoms with van der Waals surface area (Å²) >= 11 is 1.35. The van der Waals surface area contributed by atoms with Crippen LogP contribution in [-0.4, -0.2) is 35.8 Å². The van der Waals surface area contributed by atoms with E-state index in [-0.39, 0.29) is 12.0 Å². The maximum absolute atomic E-state index is 12.2. The minimum absolute atomic E-state index is 0.112. The molecule has 0 aromatic carbocycles. The van der Waals surface area contributed by atoms with Gasteiger partial charge in [-0.2, -0.15) is 0 Å². The molecule has 0 bridgehead atoms. The molecular formula is C15H24N2O3S. The fourth-order valence-corrected chi connectivity index (χ4v) is 3.70. The van der Waals surface area contributed by atoms with Gasteiger partial charge >= 0.3 is 0 Å². The minimum atomic E-state index is -0.443. The van der Waals surface area contributed by atoms with E-state index in [0.29, 0.717) is 23.0 Å². The lowest BCUT2D eigenvalue weighted by Gasteiger charge is -2.17. The largest absolute Gasteiger partial charge is 0.391 e. The number of carbonyl (C=O) groups is 1. The van der Waals surface area contributed by atoms with Gasteiger partial charge in [0, 0.05) is 13.7 Å². The van der Waals surface area contributed by atoms with E-state index < -0.39 is 6.10 Å². The molecule has 1 aliphatic rings. The molecule has 1 aromatic heterocycles. The first-order chi connectivity index (χ1) is 10.0. The third-order valence-corrected chi connectivity index (χ3v) is 5.45. The Hall–Kier alpha value is -0.980. The number of rotatable bonds is 6. The summed E-state index contributed by atoms with van der Waals surface area (Å²) in [5.74, 6) is 0.175. The van der Waals surface area contributed by atoms with Gasteiger partial charge in [0.25, 0.3) is 5.91 Å². The second-order valence-electron chi connectivity index (χ2n) is 5.67. The highest BCUT2D eigenvalue weighted by atomic mass is 32.1. The number of ether oxygens (including phenoxy) is 1. The number of methoxy groups -OCH3 is 1. The molecule has 5 nitrogen and oxygen atoms in total. The van der Waals surface area contributed by atoms with Crippen LogP contribution in [0.2, 0.25) is 0 Å². The molecule has 1 heterocycles. The van der Waals surface area contributed by atoms with Gasteiger partial charge < -0.3 is 15.2 Å². The summed E-state index contributed by atoms with van der Waals surface area (Å²) in [6.07, 6.45) is 3.93. The summed E-state index contributed by atoms with van der Waals surface area (Å²) in [5.41, 5.74) is 0.715. The lowest BCUT2D eigenvalue weighted by molar-refractivity contribution is 0.0843. The standard InChI is InChI=1S/C15H24N2O3S/c1-9-13(21-15(17-9)10(2)20-3)14(19)16-8-12(18)11-6-4-5-7-11/h10-12,18H,4-8H2,1-3H3,(H,16,19). The van der Waals surface area contributed by atoms with Crippen molar-refractivity contribution < 1.29 is 14.6 Å². The Bertz CT molecular complexity index is 483. The van der Waals surface area contributed by atoms with E-state index in [0.717, 1.165) is 17.8 Å². The Balaban J connectivity index is 1.92. The summed E-state index contributed by atoms with van der Waals surface area (Å²) < 4.78 is 5.23. The van der Waals surface area contributed by atoms with Gasteiger partial charge in [-0.25, -0.2) is 4.98 Å². The average Bonchev–Trinajstić information content (AvgIpc) is 3.12. The second kappa shape index (κ2) is 7.33. The number of aliphatic hydroxyl groups excluding tert-OH is 1. The molecule has 2 rings (SSSR count). The van der Waals surface area contributed by atoms with Crippen molar-refractivity contribution in [1.82, 2.24) is 10.3 Å². The fraction of sp³-hybridized carbons (Fsp3) is 0.733. The molecule has 0 radical (unpaired) electrons. The first-order valence-electron chi connectivity index (χ1n) is 7.49. The van der Waals surface area contributed by atoms with E-state index >= 15 is 0 Å². The van der Waals surface area contributed by atoms with Crippen LogP contribution < -0.4 is 5.32 Å². The molecular weight excluding hydrogens is 288 g/mol. The number of hydrogen-bond acceptors (Lipinski definition) is 5. The van der Waals surface area contributed by atoms with Crippen LogP contribution in [0.25, 0.3) is 0 Å². The zero-order chi connectivity index (χ0) is 15.4. The van der Waals surface area contributed by atoms with Crippen molar-refractivity contribution in [3.05, 3.63) is 15.6 Å². The van der Waals surface area contributed by atoms with Crippen LogP contribution in [0.1, 0.15) is 59.1 Å². The Morgan fingerprint density at radius 1 is 1.52 bits per heavy atom. The van der Waals surface area contributed by atoms with E-state index in [4.69, 9.17) is 4.74 Å². The van der Waals surface area contributed by atoms with Gasteiger partial charge in [-0.3, -0.25) is 4.79 Å². The maximum atomic E-state index is 12.2. The lowest BCUT2D eigenvalue weighted by atomic mass is 10.0. The summed E-state index contributed by atoms with van der Waals surface area (Å²) in [7, 11) is 1.62. The number of carbonyl (C=O) groups excluding carboxylic acids is 1. The number of nitrogens with one attached hydrogen (secondary N) is 1. The maximum Gasteiger partial charge on any atom is 0.263 e. The average molecular weight is 312 g/mol. The molecule has 1 amide bonds. The molecule has 0 spiro atoms. The predicted molar refractivity (Wildman–Crippen MR) is 82.6 cm³/mol. The number of nitrogens with zero attached hydrogens (tertiary/aromatic N) is 1. The van der Waals surface area contributed by atoms with Crippen molar-refractivity contribution in [3.63, 3.8) is 0 Å². The smallest absolute Gasteiger partial charge is 0.263 e. The minimum Gasteiger partial charge on any atom is -0.391 e. The van der Waals surface area contributed by atoms with E-state index in [9.17, 15) is 9.90 Å². The van der Waals surface area contributed by atoms with E-state index in [1.807, 2.05) is 13.8 Å². The first-order valence-corrected chi connectivity index (χ1v) is 8.31. The molecule has 0 saturated heterocycles. The number of thiazole rings is 1. The molecule has 2 N–H and O–H groups in total. The van der Waals surface area contributed by atoms with Crippen LogP contribution in [-0.2, 0) is 4.74 Å². The highest BCUT2D eigenvalue weighted by Gasteiger charge is 2.24. The van der Waals surface area contributed by atoms with Crippen molar-refractivity contribution in [2.24, 2.45) is 5.92 Å². The number of aromatic nitrogens is 1. The van der Waals surface area contributed by atoms with Crippen molar-refractivity contribution in [3.8, 4) is 0 Å². The molecule has 1 fully saturated rings. The number of hydrogen-bond donors (Lipinski definition) is 2. The summed E-state index contributed by atoms with van der Waals surface area (Å²) in [6, 6.07) is 0. The molecule has 0 aliphatic heterocycles. The van der Waals surface area contributed by atoms with Gasteiger partial charge in [0.15, 0.2) is 0 Å². The summed E-state index contributed by atoms with van der Waals surface area (Å²) in [4.78, 5) is 17.2. The zero-order valence-electron chi connectivity index (χ0n) is 12.9. The molecule has 2 atom stereocenters. The van der Waals surface area contributed by atoms with Crippen LogP contribution in [0.15, 0.2) is 0 Å². The van der Waals surface area contributed by atoms with Crippen LogP contribution in [0.5, 0.6) is 0 Å². The van der Waals surface area contributed by atoms with Crippen LogP contribution in [0.4, 0.5) is 0 Å². The summed E-state index contributed by atoms with van der Waals surface area (Å²) in [5, 5.41) is 13.7. The number of amides is 1. The normalized spacial score (nSPS) is 18.7. The predicted octanol–water partition coefficient (Wildman–Crippen LogP) is 2.44. The van der Waals surface area contributed by atoms with E-state index in [1.54, 1.807) is 7.11 Å². The third-order valence-electron chi connectivity index (χ3n) is 4.14. The molecule has 2 unspecified atom stereocenters. The van der Waals surface area contributed by atoms with Gasteiger partial charge in [0.05, 0.1) is 11.8 Å². The molecule has 6 heteroatoms. The van der Waals surface area contributed by atoms with Gasteiger partial charge in [0.2, 0.25) is 0 Å². The van der Waals surface area contributed by atoms with Crippen molar-refractivity contribution >= 4 is 17.2 Å². The van der Waals surface area contributed by atoms with Crippen molar-refractivity contribution in [2.45, 2.75) is 51.7 Å². The monoisotopic (exact) mass is 312 g/mol. The second-order valence-corrected chi connectivity index (χ2v) is 6.70. The molecule has 118 valence electrons. The summed E-state index contributed by atoms with van der Waals surface area (Å²) in [6.45, 7) is 4.05. The van der Waals surface area contributed by atoms with Gasteiger partial charge in [-0.15, -0.1) is 11.3 Å². The Labute approximate surface area is 129 Å². The quantitative estimate of drug-likeness (QED) is 0.846. The number of aliphatic hydroxyl groups is 1. The van der Waals surface area contributed by atoms with Crippen molar-refractivity contribution in [2.75, 3.05) is 13.7 Å². The van der Waals surface area contributed by atoms with Gasteiger partial charge in [0.1, 0.15) is 16.0 Å². The van der Waals surface area contributed by atoms with Crippen LogP contribution in [0.3, 0.4) is 0 Å². The molecule has 1 saturated carbocycles. The van der Waals surface area contributed by atoms with E-state index in [1.165, 1.54) is 24.2 Å². The molecule has 1 aromatic rings. The Kier molecular flexibility index (Phi) is 5.72. The molecule has 1 aliphatic carbocycles. The lowest BCUT2D eigenvalue weighted by Crippen LogP contribution is -2.35. The first kappa shape index (κ1) is 16.4. The number of aryl methyl sites for hydroxylation is 1. The molecule has 21 heavy (non-hydrogen) atoms. The van der Waals surface area contributed by atoms with Crippen LogP contribution >= 0.6 is 11.3 Å². The van der Waals surface area contributed by atoms with Gasteiger partial charge in [-0.1, -0.05) is 12.8 Å². The van der Waals surface area contributed by atoms with Crippen LogP contribution in [0, 0.1) is 12.8 Å². The third kappa shape index (κ3) is 4.02. The Morgan fingerprint density at radius 3 is 2.81 bits per heavy atom. The zero-order valence-corrected chi connectivity index (χ0v) is 13.7. The topological polar surface area (TPSA) is 71.5 Å². The highest BCUT2D eigenvalue weighted by Crippen LogP contribution is 2.28. The van der Waals surface area contributed by atoms with E-state index in [2.05, 4.69) is 10.3 Å². The SMILES string of the molecule is COC(C)c1nc(C)c(C(=O)NCC(O)C2CCCC2)s1. The Morgan fingerprint density at radius 2 is 2.19 bits per heavy atom. The fourth-order valence-electron chi connectivity index (χ4n) is 2.69. The van der Waals surface area contributed by atoms with Crippen molar-refractivity contribution in [1.29, 1.82) is 0 Å².